The maximum atomic E-state index is 13.8. The summed E-state index contributed by atoms with van der Waals surface area (Å²) in [5.41, 5.74) is -0.483. The van der Waals surface area contributed by atoms with E-state index in [9.17, 15) is 36.7 Å². The molecule has 1 heterocycles. The lowest BCUT2D eigenvalue weighted by Crippen LogP contribution is -2.48. The van der Waals surface area contributed by atoms with Crippen LogP contribution in [0.15, 0.2) is 29.2 Å². The van der Waals surface area contributed by atoms with Gasteiger partial charge in [0.2, 0.25) is 17.5 Å². The molecule has 0 aliphatic rings. The number of ketones is 1. The van der Waals surface area contributed by atoms with Gasteiger partial charge in [0, 0.05) is 19.4 Å². The molecule has 0 bridgehead atoms. The fraction of sp³-hybridized carbons (Fsp3) is 0.364. The minimum absolute atomic E-state index is 0.00777. The molecular formula is C22H23F4N3O7. The molecule has 0 spiro atoms. The van der Waals surface area contributed by atoms with Crippen molar-refractivity contribution < 1.29 is 46.5 Å². The molecule has 3 N–H and O–H groups in total. The maximum absolute atomic E-state index is 13.8. The van der Waals surface area contributed by atoms with Gasteiger partial charge in [0.1, 0.15) is 31.1 Å². The SMILES string of the molecule is CCC(C(=O)NC(CC(=O)O)C(=O)COc1c(F)c(F)cc(F)c1F)n1cccc(NCOC)c1=O. The Balaban J connectivity index is 2.23. The minimum atomic E-state index is -1.90. The van der Waals surface area contributed by atoms with E-state index in [0.29, 0.717) is 0 Å². The summed E-state index contributed by atoms with van der Waals surface area (Å²) in [4.78, 5) is 49.4. The van der Waals surface area contributed by atoms with Crippen LogP contribution in [0.2, 0.25) is 0 Å². The molecule has 2 atom stereocenters. The number of hydrogen-bond acceptors (Lipinski definition) is 7. The summed E-state index contributed by atoms with van der Waals surface area (Å²) in [5, 5.41) is 14.0. The lowest BCUT2D eigenvalue weighted by molar-refractivity contribution is -0.140. The molecule has 1 aromatic carbocycles. The zero-order valence-corrected chi connectivity index (χ0v) is 19.1. The van der Waals surface area contributed by atoms with E-state index in [1.807, 2.05) is 0 Å². The summed E-state index contributed by atoms with van der Waals surface area (Å²) in [6, 6.07) is -0.0496. The van der Waals surface area contributed by atoms with Crippen LogP contribution in [0.25, 0.3) is 0 Å². The molecule has 2 rings (SSSR count). The first-order valence-corrected chi connectivity index (χ1v) is 10.5. The largest absolute Gasteiger partial charge is 0.481 e. The van der Waals surface area contributed by atoms with Gasteiger partial charge in [-0.1, -0.05) is 6.92 Å². The van der Waals surface area contributed by atoms with Crippen LogP contribution in [0.3, 0.4) is 0 Å². The number of pyridine rings is 1. The number of carboxylic acids is 1. The van der Waals surface area contributed by atoms with Crippen LogP contribution in [0.4, 0.5) is 23.2 Å². The standard InChI is InChI=1S/C22H23F4N3O7/c1-3-15(29-6-4-5-13(22(29)34)27-10-35-2)21(33)28-14(8-17(31)32)16(30)9-36-20-18(25)11(23)7-12(24)19(20)26/h4-7,14-15,27H,3,8-10H2,1-2H3,(H,28,33)(H,31,32). The van der Waals surface area contributed by atoms with Gasteiger partial charge in [-0.2, -0.15) is 8.78 Å². The van der Waals surface area contributed by atoms with Crippen molar-refractivity contribution in [2.24, 2.45) is 0 Å². The van der Waals surface area contributed by atoms with E-state index in [-0.39, 0.29) is 24.9 Å². The number of carboxylic acid groups (broad SMARTS) is 1. The van der Waals surface area contributed by atoms with Gasteiger partial charge in [0.25, 0.3) is 5.56 Å². The Morgan fingerprint density at radius 1 is 1.14 bits per heavy atom. The van der Waals surface area contributed by atoms with Crippen molar-refractivity contribution in [2.75, 3.05) is 25.8 Å². The third kappa shape index (κ3) is 6.81. The molecular weight excluding hydrogens is 494 g/mol. The summed E-state index contributed by atoms with van der Waals surface area (Å²) in [7, 11) is 1.40. The fourth-order valence-corrected chi connectivity index (χ4v) is 3.16. The minimum Gasteiger partial charge on any atom is -0.481 e. The van der Waals surface area contributed by atoms with Crippen LogP contribution in [-0.2, 0) is 19.1 Å². The summed E-state index contributed by atoms with van der Waals surface area (Å²) >= 11 is 0. The van der Waals surface area contributed by atoms with Crippen molar-refractivity contribution in [2.45, 2.75) is 31.8 Å². The number of carbonyl (C=O) groups excluding carboxylic acids is 2. The summed E-state index contributed by atoms with van der Waals surface area (Å²) in [6.07, 6.45) is 0.426. The highest BCUT2D eigenvalue weighted by Gasteiger charge is 2.29. The highest BCUT2D eigenvalue weighted by molar-refractivity contribution is 5.93. The predicted octanol–water partition coefficient (Wildman–Crippen LogP) is 1.98. The number of nitrogens with zero attached hydrogens (tertiary/aromatic N) is 1. The van der Waals surface area contributed by atoms with Crippen molar-refractivity contribution in [3.05, 3.63) is 58.0 Å². The van der Waals surface area contributed by atoms with Crippen LogP contribution in [-0.4, -0.2) is 53.8 Å². The summed E-state index contributed by atoms with van der Waals surface area (Å²) < 4.78 is 64.7. The molecule has 1 amide bonds. The number of aliphatic carboxylic acids is 1. The lowest BCUT2D eigenvalue weighted by atomic mass is 10.1. The van der Waals surface area contributed by atoms with E-state index in [1.54, 1.807) is 6.92 Å². The molecule has 1 aromatic heterocycles. The van der Waals surface area contributed by atoms with Crippen LogP contribution in [0.5, 0.6) is 5.75 Å². The van der Waals surface area contributed by atoms with Gasteiger partial charge in [0.05, 0.1) is 6.42 Å². The number of amides is 1. The second-order valence-electron chi connectivity index (χ2n) is 7.38. The van der Waals surface area contributed by atoms with Gasteiger partial charge >= 0.3 is 5.97 Å². The van der Waals surface area contributed by atoms with Crippen molar-refractivity contribution in [3.8, 4) is 5.75 Å². The Morgan fingerprint density at radius 3 is 2.33 bits per heavy atom. The second kappa shape index (κ2) is 12.7. The number of methoxy groups -OCH3 is 1. The fourth-order valence-electron chi connectivity index (χ4n) is 3.16. The highest BCUT2D eigenvalue weighted by atomic mass is 19.2. The lowest BCUT2D eigenvalue weighted by Gasteiger charge is -2.22. The van der Waals surface area contributed by atoms with Gasteiger partial charge in [-0.05, 0) is 18.6 Å². The van der Waals surface area contributed by atoms with Crippen LogP contribution < -0.4 is 20.9 Å². The number of anilines is 1. The Kier molecular flexibility index (Phi) is 9.96. The average molecular weight is 517 g/mol. The number of benzene rings is 1. The van der Waals surface area contributed by atoms with Crippen molar-refractivity contribution in [1.29, 1.82) is 0 Å². The van der Waals surface area contributed by atoms with Gasteiger partial charge in [-0.3, -0.25) is 19.2 Å². The molecule has 0 radical (unpaired) electrons. The van der Waals surface area contributed by atoms with E-state index in [2.05, 4.69) is 15.4 Å². The molecule has 0 saturated heterocycles. The molecule has 0 fully saturated rings. The van der Waals surface area contributed by atoms with Crippen LogP contribution >= 0.6 is 0 Å². The quantitative estimate of drug-likeness (QED) is 0.209. The second-order valence-corrected chi connectivity index (χ2v) is 7.38. The molecule has 196 valence electrons. The van der Waals surface area contributed by atoms with Crippen molar-refractivity contribution >= 4 is 23.3 Å². The molecule has 0 saturated carbocycles. The van der Waals surface area contributed by atoms with E-state index < -0.39 is 77.3 Å². The predicted molar refractivity (Wildman–Crippen MR) is 116 cm³/mol. The number of carbonyl (C=O) groups is 3. The van der Waals surface area contributed by atoms with Gasteiger partial charge in [-0.25, -0.2) is 8.78 Å². The summed E-state index contributed by atoms with van der Waals surface area (Å²) in [6.45, 7) is 0.350. The third-order valence-electron chi connectivity index (χ3n) is 4.92. The smallest absolute Gasteiger partial charge is 0.305 e. The van der Waals surface area contributed by atoms with Gasteiger partial charge < -0.3 is 29.8 Å². The Bertz CT molecular complexity index is 1160. The Labute approximate surface area is 201 Å². The Morgan fingerprint density at radius 2 is 1.78 bits per heavy atom. The number of nitrogens with one attached hydrogen (secondary N) is 2. The molecule has 2 aromatic rings. The number of ether oxygens (including phenoxy) is 2. The number of rotatable bonds is 13. The van der Waals surface area contributed by atoms with E-state index in [0.717, 1.165) is 4.57 Å². The topological polar surface area (TPSA) is 136 Å². The Hall–Kier alpha value is -3.94. The number of Topliss-reactive ketones (excluding diaryl/α,β-unsaturated/α-hetero) is 1. The number of aromatic nitrogens is 1. The van der Waals surface area contributed by atoms with Crippen LogP contribution in [0, 0.1) is 23.3 Å². The molecule has 14 heteroatoms. The van der Waals surface area contributed by atoms with Crippen molar-refractivity contribution in [1.82, 2.24) is 9.88 Å². The van der Waals surface area contributed by atoms with E-state index in [4.69, 9.17) is 9.84 Å². The zero-order chi connectivity index (χ0) is 27.0. The van der Waals surface area contributed by atoms with E-state index >= 15 is 0 Å². The third-order valence-corrected chi connectivity index (χ3v) is 4.92. The molecule has 10 nitrogen and oxygen atoms in total. The molecule has 0 aliphatic carbocycles. The van der Waals surface area contributed by atoms with E-state index in [1.165, 1.54) is 25.4 Å². The molecule has 2 unspecified atom stereocenters. The highest BCUT2D eigenvalue weighted by Crippen LogP contribution is 2.26. The van der Waals surface area contributed by atoms with Crippen LogP contribution in [0.1, 0.15) is 25.8 Å². The monoisotopic (exact) mass is 517 g/mol. The molecule has 36 heavy (non-hydrogen) atoms. The van der Waals surface area contributed by atoms with Crippen molar-refractivity contribution in [3.63, 3.8) is 0 Å². The first kappa shape index (κ1) is 28.3. The molecule has 0 aliphatic heterocycles. The number of hydrogen-bond donors (Lipinski definition) is 3. The first-order valence-electron chi connectivity index (χ1n) is 10.5. The average Bonchev–Trinajstić information content (AvgIpc) is 2.82. The van der Waals surface area contributed by atoms with Gasteiger partial charge in [0.15, 0.2) is 23.2 Å². The summed E-state index contributed by atoms with van der Waals surface area (Å²) in [5.74, 6) is -12.4. The number of halogens is 4. The van der Waals surface area contributed by atoms with Gasteiger partial charge in [-0.15, -0.1) is 0 Å². The normalized spacial score (nSPS) is 12.5. The first-order chi connectivity index (χ1) is 17.0. The zero-order valence-electron chi connectivity index (χ0n) is 19.1. The maximum Gasteiger partial charge on any atom is 0.305 e.